The van der Waals surface area contributed by atoms with Gasteiger partial charge in [0.05, 0.1) is 11.0 Å². The predicted octanol–water partition coefficient (Wildman–Crippen LogP) is 0.934. The molecule has 2 amide bonds. The lowest BCUT2D eigenvalue weighted by molar-refractivity contribution is -0.130. The summed E-state index contributed by atoms with van der Waals surface area (Å²) in [5.41, 5.74) is 2.10. The van der Waals surface area contributed by atoms with Crippen molar-refractivity contribution in [3.05, 3.63) is 36.2 Å². The van der Waals surface area contributed by atoms with E-state index >= 15 is 0 Å². The van der Waals surface area contributed by atoms with Gasteiger partial charge in [0.2, 0.25) is 5.91 Å². The number of amides is 2. The summed E-state index contributed by atoms with van der Waals surface area (Å²) in [7, 11) is 0. The normalized spacial score (nSPS) is 15.3. The van der Waals surface area contributed by atoms with Crippen LogP contribution < -0.4 is 0 Å². The van der Waals surface area contributed by atoms with E-state index in [0.717, 1.165) is 5.52 Å². The Kier molecular flexibility index (Phi) is 3.51. The first-order valence-corrected chi connectivity index (χ1v) is 6.91. The molecule has 0 unspecified atom stereocenters. The second-order valence-corrected chi connectivity index (χ2v) is 5.06. The molecule has 0 bridgehead atoms. The molecule has 0 radical (unpaired) electrons. The summed E-state index contributed by atoms with van der Waals surface area (Å²) in [6.45, 7) is 3.87. The van der Waals surface area contributed by atoms with E-state index in [4.69, 9.17) is 0 Å². The molecule has 2 heterocycles. The van der Waals surface area contributed by atoms with Crippen LogP contribution in [0.3, 0.4) is 0 Å². The molecule has 1 aliphatic rings. The van der Waals surface area contributed by atoms with Gasteiger partial charge in [0.25, 0.3) is 5.91 Å². The number of carbonyl (C=O) groups is 2. The maximum Gasteiger partial charge on any atom is 0.254 e. The van der Waals surface area contributed by atoms with Crippen LogP contribution in [0.1, 0.15) is 17.3 Å². The minimum Gasteiger partial charge on any atom is -0.339 e. The standard InChI is InChI=1S/C15H16N4O2/c1-11(20)18-6-8-19(9-7-18)15(21)12-2-3-13-14(10-12)17-5-4-16-13/h2-5,10H,6-9H2,1H3. The highest BCUT2D eigenvalue weighted by Crippen LogP contribution is 2.14. The van der Waals surface area contributed by atoms with Crippen molar-refractivity contribution in [3.8, 4) is 0 Å². The van der Waals surface area contributed by atoms with Crippen LogP contribution >= 0.6 is 0 Å². The molecule has 1 aromatic carbocycles. The Labute approximate surface area is 122 Å². The molecule has 1 aromatic heterocycles. The number of carbonyl (C=O) groups excluding carboxylic acids is 2. The lowest BCUT2D eigenvalue weighted by atomic mass is 10.1. The highest BCUT2D eigenvalue weighted by Gasteiger charge is 2.23. The number of hydrogen-bond donors (Lipinski definition) is 0. The minimum atomic E-state index is -0.0224. The highest BCUT2D eigenvalue weighted by molar-refractivity contribution is 5.97. The van der Waals surface area contributed by atoms with Gasteiger partial charge >= 0.3 is 0 Å². The summed E-state index contributed by atoms with van der Waals surface area (Å²) >= 11 is 0. The summed E-state index contributed by atoms with van der Waals surface area (Å²) in [6.07, 6.45) is 3.24. The largest absolute Gasteiger partial charge is 0.339 e. The third-order valence-electron chi connectivity index (χ3n) is 3.73. The minimum absolute atomic E-state index is 0.0224. The summed E-state index contributed by atoms with van der Waals surface area (Å²) in [5.74, 6) is 0.0360. The van der Waals surface area contributed by atoms with Gasteiger partial charge in [-0.15, -0.1) is 0 Å². The van der Waals surface area contributed by atoms with Gasteiger partial charge in [-0.25, -0.2) is 0 Å². The fourth-order valence-electron chi connectivity index (χ4n) is 2.50. The van der Waals surface area contributed by atoms with Crippen molar-refractivity contribution in [3.63, 3.8) is 0 Å². The van der Waals surface area contributed by atoms with Crippen LogP contribution in [0.25, 0.3) is 11.0 Å². The second kappa shape index (κ2) is 5.47. The zero-order chi connectivity index (χ0) is 14.8. The molecule has 6 heteroatoms. The summed E-state index contributed by atoms with van der Waals surface area (Å²) in [6, 6.07) is 5.35. The maximum atomic E-state index is 12.5. The summed E-state index contributed by atoms with van der Waals surface area (Å²) in [5, 5.41) is 0. The molecule has 1 aliphatic heterocycles. The zero-order valence-electron chi connectivity index (χ0n) is 11.8. The first-order valence-electron chi connectivity index (χ1n) is 6.91. The van der Waals surface area contributed by atoms with Crippen molar-refractivity contribution >= 4 is 22.8 Å². The van der Waals surface area contributed by atoms with E-state index in [9.17, 15) is 9.59 Å². The van der Waals surface area contributed by atoms with E-state index in [1.165, 1.54) is 0 Å². The molecule has 1 fully saturated rings. The molecule has 3 rings (SSSR count). The van der Waals surface area contributed by atoms with Crippen molar-refractivity contribution in [2.75, 3.05) is 26.2 Å². The van der Waals surface area contributed by atoms with Crippen LogP contribution in [-0.4, -0.2) is 57.8 Å². The van der Waals surface area contributed by atoms with Gasteiger partial charge in [-0.05, 0) is 18.2 Å². The monoisotopic (exact) mass is 284 g/mol. The maximum absolute atomic E-state index is 12.5. The van der Waals surface area contributed by atoms with Gasteiger partial charge in [-0.3, -0.25) is 19.6 Å². The number of nitrogens with zero attached hydrogens (tertiary/aromatic N) is 4. The smallest absolute Gasteiger partial charge is 0.254 e. The molecule has 6 nitrogen and oxygen atoms in total. The molecule has 0 saturated carbocycles. The number of rotatable bonds is 1. The third kappa shape index (κ3) is 2.69. The molecule has 1 saturated heterocycles. The van der Waals surface area contributed by atoms with Gasteiger partial charge in [-0.1, -0.05) is 0 Å². The molecule has 21 heavy (non-hydrogen) atoms. The Bertz CT molecular complexity index is 693. The van der Waals surface area contributed by atoms with Crippen molar-refractivity contribution in [2.45, 2.75) is 6.92 Å². The van der Waals surface area contributed by atoms with Gasteiger partial charge < -0.3 is 9.80 Å². The Balaban J connectivity index is 1.76. The van der Waals surface area contributed by atoms with Crippen molar-refractivity contribution in [1.29, 1.82) is 0 Å². The SMILES string of the molecule is CC(=O)N1CCN(C(=O)c2ccc3nccnc3c2)CC1. The van der Waals surface area contributed by atoms with E-state index in [2.05, 4.69) is 9.97 Å². The topological polar surface area (TPSA) is 66.4 Å². The average molecular weight is 284 g/mol. The molecule has 0 spiro atoms. The Morgan fingerprint density at radius 2 is 1.57 bits per heavy atom. The van der Waals surface area contributed by atoms with Crippen molar-refractivity contribution in [2.24, 2.45) is 0 Å². The predicted molar refractivity (Wildman–Crippen MR) is 77.7 cm³/mol. The van der Waals surface area contributed by atoms with Crippen LogP contribution in [-0.2, 0) is 4.79 Å². The van der Waals surface area contributed by atoms with Crippen molar-refractivity contribution < 1.29 is 9.59 Å². The van der Waals surface area contributed by atoms with Gasteiger partial charge in [0.1, 0.15) is 0 Å². The fourth-order valence-corrected chi connectivity index (χ4v) is 2.50. The number of fused-ring (bicyclic) bond motifs is 1. The fraction of sp³-hybridized carbons (Fsp3) is 0.333. The van der Waals surface area contributed by atoms with Crippen LogP contribution in [0.15, 0.2) is 30.6 Å². The van der Waals surface area contributed by atoms with E-state index in [1.54, 1.807) is 47.3 Å². The van der Waals surface area contributed by atoms with E-state index in [1.807, 2.05) is 0 Å². The van der Waals surface area contributed by atoms with E-state index < -0.39 is 0 Å². The number of hydrogen-bond acceptors (Lipinski definition) is 4. The van der Waals surface area contributed by atoms with Crippen LogP contribution in [0.5, 0.6) is 0 Å². The van der Waals surface area contributed by atoms with Crippen molar-refractivity contribution in [1.82, 2.24) is 19.8 Å². The molecule has 2 aromatic rings. The van der Waals surface area contributed by atoms with Crippen LogP contribution in [0.2, 0.25) is 0 Å². The average Bonchev–Trinajstić information content (AvgIpc) is 2.54. The highest BCUT2D eigenvalue weighted by atomic mass is 16.2. The number of aromatic nitrogens is 2. The van der Waals surface area contributed by atoms with Gasteiger partial charge in [0.15, 0.2) is 0 Å². The molecular formula is C15H16N4O2. The summed E-state index contributed by atoms with van der Waals surface area (Å²) in [4.78, 5) is 35.7. The Hall–Kier alpha value is -2.50. The lowest BCUT2D eigenvalue weighted by Gasteiger charge is -2.34. The first-order chi connectivity index (χ1) is 10.1. The van der Waals surface area contributed by atoms with E-state index in [0.29, 0.717) is 37.3 Å². The van der Waals surface area contributed by atoms with Crippen LogP contribution in [0, 0.1) is 0 Å². The molecule has 0 aliphatic carbocycles. The second-order valence-electron chi connectivity index (χ2n) is 5.06. The zero-order valence-corrected chi connectivity index (χ0v) is 11.8. The first kappa shape index (κ1) is 13.5. The third-order valence-corrected chi connectivity index (χ3v) is 3.73. The Morgan fingerprint density at radius 1 is 0.952 bits per heavy atom. The van der Waals surface area contributed by atoms with Crippen LogP contribution in [0.4, 0.5) is 0 Å². The molecule has 108 valence electrons. The van der Waals surface area contributed by atoms with Gasteiger partial charge in [-0.2, -0.15) is 0 Å². The quantitative estimate of drug-likeness (QED) is 0.781. The molecule has 0 N–H and O–H groups in total. The number of piperazine rings is 1. The van der Waals surface area contributed by atoms with Gasteiger partial charge in [0, 0.05) is 51.1 Å². The van der Waals surface area contributed by atoms with E-state index in [-0.39, 0.29) is 11.8 Å². The molecular weight excluding hydrogens is 268 g/mol. The number of benzene rings is 1. The Morgan fingerprint density at radius 3 is 2.24 bits per heavy atom. The molecule has 0 atom stereocenters. The summed E-state index contributed by atoms with van der Waals surface area (Å²) < 4.78 is 0. The lowest BCUT2D eigenvalue weighted by Crippen LogP contribution is -2.50.